The van der Waals surface area contributed by atoms with Crippen LogP contribution in [0.1, 0.15) is 16.8 Å². The number of hydrogen-bond acceptors (Lipinski definition) is 7. The van der Waals surface area contributed by atoms with Crippen LogP contribution >= 0.6 is 11.3 Å². The molecule has 3 heterocycles. The summed E-state index contributed by atoms with van der Waals surface area (Å²) in [5.41, 5.74) is 0. The molecule has 3 aromatic heterocycles. The van der Waals surface area contributed by atoms with Gasteiger partial charge in [0.1, 0.15) is 21.0 Å². The molecule has 148 valence electrons. The van der Waals surface area contributed by atoms with Crippen LogP contribution in [0.15, 0.2) is 67.3 Å². The Balaban J connectivity index is 1.60. The van der Waals surface area contributed by atoms with E-state index in [0.29, 0.717) is 12.2 Å². The topological polar surface area (TPSA) is 119 Å². The maximum atomic E-state index is 12.9. The number of amides is 2. The fraction of sp³-hybridized carbons (Fsp3) is 0.222. The Morgan fingerprint density at radius 3 is 2.39 bits per heavy atom. The van der Waals surface area contributed by atoms with Crippen LogP contribution in [0.3, 0.4) is 0 Å². The second kappa shape index (κ2) is 8.89. The van der Waals surface area contributed by atoms with E-state index < -0.39 is 26.9 Å². The van der Waals surface area contributed by atoms with Crippen molar-refractivity contribution in [3.05, 3.63) is 65.8 Å². The van der Waals surface area contributed by atoms with Gasteiger partial charge in [-0.1, -0.05) is 6.07 Å². The number of carbonyl (C=O) groups is 2. The summed E-state index contributed by atoms with van der Waals surface area (Å²) in [6.07, 6.45) is 3.32. The van der Waals surface area contributed by atoms with E-state index in [4.69, 9.17) is 8.83 Å². The van der Waals surface area contributed by atoms with Crippen molar-refractivity contribution in [2.45, 2.75) is 15.9 Å². The number of rotatable bonds is 8. The van der Waals surface area contributed by atoms with Crippen LogP contribution in [-0.2, 0) is 25.8 Å². The van der Waals surface area contributed by atoms with E-state index in [-0.39, 0.29) is 23.1 Å². The van der Waals surface area contributed by atoms with Gasteiger partial charge < -0.3 is 19.5 Å². The summed E-state index contributed by atoms with van der Waals surface area (Å²) >= 11 is 1.08. The van der Waals surface area contributed by atoms with Crippen molar-refractivity contribution in [1.29, 1.82) is 0 Å². The standard InChI is InChI=1S/C18H18N2O6S2/c21-17(19-8-7-13-4-1-9-25-13)18(22)20-12-15(14-5-2-10-26-14)28(23,24)16-6-3-11-27-16/h1-6,9-11,15H,7-8,12H2,(H,19,21)(H,20,22). The number of hydrogen-bond donors (Lipinski definition) is 2. The molecule has 0 saturated carbocycles. The van der Waals surface area contributed by atoms with E-state index in [9.17, 15) is 18.0 Å². The third kappa shape index (κ3) is 4.70. The van der Waals surface area contributed by atoms with E-state index in [1.807, 2.05) is 0 Å². The fourth-order valence-electron chi connectivity index (χ4n) is 2.50. The van der Waals surface area contributed by atoms with Crippen molar-refractivity contribution in [3.63, 3.8) is 0 Å². The van der Waals surface area contributed by atoms with Crippen LogP contribution in [0.5, 0.6) is 0 Å². The molecule has 2 amide bonds. The maximum Gasteiger partial charge on any atom is 0.309 e. The van der Waals surface area contributed by atoms with Crippen LogP contribution in [0.4, 0.5) is 0 Å². The fourth-order valence-corrected chi connectivity index (χ4v) is 5.29. The molecule has 0 fully saturated rings. The number of nitrogens with one attached hydrogen (secondary N) is 2. The van der Waals surface area contributed by atoms with Crippen molar-refractivity contribution >= 4 is 33.0 Å². The van der Waals surface area contributed by atoms with Crippen LogP contribution in [0.25, 0.3) is 0 Å². The van der Waals surface area contributed by atoms with Gasteiger partial charge >= 0.3 is 11.8 Å². The van der Waals surface area contributed by atoms with Crippen LogP contribution in [-0.4, -0.2) is 33.3 Å². The minimum atomic E-state index is -3.78. The Bertz CT molecular complexity index is 993. The molecular weight excluding hydrogens is 404 g/mol. The third-order valence-corrected chi connectivity index (χ3v) is 7.39. The lowest BCUT2D eigenvalue weighted by molar-refractivity contribution is -0.139. The van der Waals surface area contributed by atoms with Gasteiger partial charge in [0.05, 0.1) is 12.5 Å². The molecule has 0 aliphatic heterocycles. The van der Waals surface area contributed by atoms with Gasteiger partial charge in [-0.25, -0.2) is 8.42 Å². The summed E-state index contributed by atoms with van der Waals surface area (Å²) in [7, 11) is -3.78. The van der Waals surface area contributed by atoms with Crippen molar-refractivity contribution in [2.75, 3.05) is 13.1 Å². The van der Waals surface area contributed by atoms with Gasteiger partial charge in [-0.3, -0.25) is 9.59 Å². The maximum absolute atomic E-state index is 12.9. The molecule has 3 aromatic rings. The molecule has 10 heteroatoms. The summed E-state index contributed by atoms with van der Waals surface area (Å²) in [5.74, 6) is -0.900. The lowest BCUT2D eigenvalue weighted by Gasteiger charge is -2.15. The largest absolute Gasteiger partial charge is 0.469 e. The Hall–Kier alpha value is -2.85. The molecular formula is C18H18N2O6S2. The summed E-state index contributed by atoms with van der Waals surface area (Å²) in [4.78, 5) is 24.0. The molecule has 0 aliphatic rings. The Kier molecular flexibility index (Phi) is 6.32. The van der Waals surface area contributed by atoms with Crippen LogP contribution in [0, 0.1) is 0 Å². The molecule has 2 N–H and O–H groups in total. The lowest BCUT2D eigenvalue weighted by Crippen LogP contribution is -2.42. The van der Waals surface area contributed by atoms with Gasteiger partial charge in [0.15, 0.2) is 9.84 Å². The van der Waals surface area contributed by atoms with Crippen molar-refractivity contribution in [2.24, 2.45) is 0 Å². The highest BCUT2D eigenvalue weighted by atomic mass is 32.2. The van der Waals surface area contributed by atoms with Crippen molar-refractivity contribution < 1.29 is 26.8 Å². The Morgan fingerprint density at radius 1 is 1.00 bits per heavy atom. The number of carbonyl (C=O) groups excluding carboxylic acids is 2. The predicted molar refractivity (Wildman–Crippen MR) is 101 cm³/mol. The molecule has 0 aliphatic carbocycles. The monoisotopic (exact) mass is 422 g/mol. The minimum Gasteiger partial charge on any atom is -0.469 e. The molecule has 28 heavy (non-hydrogen) atoms. The number of sulfone groups is 1. The minimum absolute atomic E-state index is 0.158. The third-order valence-electron chi connectivity index (χ3n) is 3.90. The zero-order chi connectivity index (χ0) is 20.0. The second-order valence-electron chi connectivity index (χ2n) is 5.78. The molecule has 3 rings (SSSR count). The van der Waals surface area contributed by atoms with Gasteiger partial charge in [-0.15, -0.1) is 11.3 Å². The van der Waals surface area contributed by atoms with E-state index in [2.05, 4.69) is 10.6 Å². The first-order valence-corrected chi connectivity index (χ1v) is 10.8. The number of furan rings is 2. The van der Waals surface area contributed by atoms with Gasteiger partial charge in [0.25, 0.3) is 0 Å². The SMILES string of the molecule is O=C(NCCc1ccco1)C(=O)NCC(c1ccco1)S(=O)(=O)c1cccs1. The molecule has 8 nitrogen and oxygen atoms in total. The zero-order valence-corrected chi connectivity index (χ0v) is 16.3. The molecule has 0 bridgehead atoms. The van der Waals surface area contributed by atoms with Gasteiger partial charge in [0.2, 0.25) is 0 Å². The molecule has 1 atom stereocenters. The van der Waals surface area contributed by atoms with Gasteiger partial charge in [-0.05, 0) is 35.7 Å². The van der Waals surface area contributed by atoms with Crippen molar-refractivity contribution in [1.82, 2.24) is 10.6 Å². The average Bonchev–Trinajstić information content (AvgIpc) is 3.43. The quantitative estimate of drug-likeness (QED) is 0.536. The van der Waals surface area contributed by atoms with E-state index >= 15 is 0 Å². The summed E-state index contributed by atoms with van der Waals surface area (Å²) in [6.45, 7) is -0.0763. The van der Waals surface area contributed by atoms with E-state index in [0.717, 1.165) is 11.3 Å². The molecule has 0 radical (unpaired) electrons. The highest BCUT2D eigenvalue weighted by Crippen LogP contribution is 2.31. The smallest absolute Gasteiger partial charge is 0.309 e. The van der Waals surface area contributed by atoms with E-state index in [1.165, 1.54) is 24.7 Å². The average molecular weight is 422 g/mol. The highest BCUT2D eigenvalue weighted by Gasteiger charge is 2.33. The Labute approximate surface area is 165 Å². The van der Waals surface area contributed by atoms with Crippen LogP contribution < -0.4 is 10.6 Å². The van der Waals surface area contributed by atoms with Crippen molar-refractivity contribution in [3.8, 4) is 0 Å². The second-order valence-corrected chi connectivity index (χ2v) is 9.08. The highest BCUT2D eigenvalue weighted by molar-refractivity contribution is 7.93. The number of thiophene rings is 1. The van der Waals surface area contributed by atoms with Gasteiger partial charge in [-0.2, -0.15) is 0 Å². The first-order valence-electron chi connectivity index (χ1n) is 8.37. The lowest BCUT2D eigenvalue weighted by atomic mass is 10.3. The molecule has 1 unspecified atom stereocenters. The predicted octanol–water partition coefficient (Wildman–Crippen LogP) is 1.92. The molecule has 0 saturated heterocycles. The zero-order valence-electron chi connectivity index (χ0n) is 14.7. The first-order chi connectivity index (χ1) is 13.5. The van der Waals surface area contributed by atoms with Crippen LogP contribution in [0.2, 0.25) is 0 Å². The normalized spacial score (nSPS) is 12.4. The molecule has 0 aromatic carbocycles. The van der Waals surface area contributed by atoms with E-state index in [1.54, 1.807) is 29.6 Å². The van der Waals surface area contributed by atoms with Gasteiger partial charge in [0, 0.05) is 19.5 Å². The first kappa shape index (κ1) is 19.9. The Morgan fingerprint density at radius 2 is 1.75 bits per heavy atom. The summed E-state index contributed by atoms with van der Waals surface area (Å²) in [6, 6.07) is 9.68. The molecule has 0 spiro atoms. The summed E-state index contributed by atoms with van der Waals surface area (Å²) in [5, 5.41) is 5.35. The summed E-state index contributed by atoms with van der Waals surface area (Å²) < 4.78 is 36.3.